The summed E-state index contributed by atoms with van der Waals surface area (Å²) in [6, 6.07) is -0.806. The number of carbonyl (C=O) groups excluding carboxylic acids is 1. The number of carbonyl (C=O) groups is 1. The lowest BCUT2D eigenvalue weighted by molar-refractivity contribution is -0.302. The van der Waals surface area contributed by atoms with E-state index in [1.807, 2.05) is 6.08 Å². The van der Waals surface area contributed by atoms with Gasteiger partial charge in [-0.3, -0.25) is 4.79 Å². The normalized spacial score (nSPS) is 21.7. The first-order valence-electron chi connectivity index (χ1n) is 22.7. The topological polar surface area (TPSA) is 149 Å². The Morgan fingerprint density at radius 3 is 1.61 bits per heavy atom. The zero-order valence-corrected chi connectivity index (χ0v) is 35.8. The summed E-state index contributed by atoms with van der Waals surface area (Å²) >= 11 is 0. The van der Waals surface area contributed by atoms with Gasteiger partial charge in [-0.1, -0.05) is 170 Å². The molecule has 0 bridgehead atoms. The van der Waals surface area contributed by atoms with E-state index in [0.29, 0.717) is 6.42 Å². The Morgan fingerprint density at radius 1 is 0.614 bits per heavy atom. The van der Waals surface area contributed by atoms with Gasteiger partial charge in [-0.25, -0.2) is 0 Å². The van der Waals surface area contributed by atoms with E-state index in [1.165, 1.54) is 77.0 Å². The Morgan fingerprint density at radius 2 is 1.09 bits per heavy atom. The molecule has 0 saturated carbocycles. The lowest BCUT2D eigenvalue weighted by Crippen LogP contribution is -2.60. The summed E-state index contributed by atoms with van der Waals surface area (Å²) in [7, 11) is 0. The van der Waals surface area contributed by atoms with Crippen LogP contribution in [0.1, 0.15) is 168 Å². The van der Waals surface area contributed by atoms with Gasteiger partial charge in [0.05, 0.1) is 25.4 Å². The van der Waals surface area contributed by atoms with Gasteiger partial charge in [0, 0.05) is 6.42 Å². The minimum atomic E-state index is -1.57. The fraction of sp³-hybridized carbons (Fsp3) is 0.729. The number of ether oxygens (including phenoxy) is 2. The van der Waals surface area contributed by atoms with Crippen molar-refractivity contribution in [2.45, 2.75) is 211 Å². The summed E-state index contributed by atoms with van der Waals surface area (Å²) in [5.41, 5.74) is 0. The predicted octanol–water partition coefficient (Wildman–Crippen LogP) is 9.39. The molecule has 9 nitrogen and oxygen atoms in total. The molecule has 328 valence electrons. The number of nitrogens with one attached hydrogen (secondary N) is 1. The molecule has 0 aromatic heterocycles. The lowest BCUT2D eigenvalue weighted by Gasteiger charge is -2.40. The lowest BCUT2D eigenvalue weighted by atomic mass is 9.99. The molecule has 1 amide bonds. The third-order valence-corrected chi connectivity index (χ3v) is 10.3. The van der Waals surface area contributed by atoms with Gasteiger partial charge in [-0.05, 0) is 64.2 Å². The molecule has 7 atom stereocenters. The molecule has 0 aromatic rings. The van der Waals surface area contributed by atoms with Crippen molar-refractivity contribution < 1.29 is 39.8 Å². The number of hydrogen-bond donors (Lipinski definition) is 6. The molecule has 1 aliphatic heterocycles. The average Bonchev–Trinajstić information content (AvgIpc) is 3.21. The molecule has 0 aromatic carbocycles. The minimum absolute atomic E-state index is 0.189. The SMILES string of the molecule is CC/C=C\C/C=C\C/C=C\C/C=C\C/C=C\CCCCCCCCCCCCCC(=O)NC(COC1OC(CO)C(O)C(O)C1O)C(O)/C=C/CCCCCCC. The van der Waals surface area contributed by atoms with Crippen molar-refractivity contribution in [1.82, 2.24) is 5.32 Å². The molecular formula is C48H83NO8. The third kappa shape index (κ3) is 28.7. The van der Waals surface area contributed by atoms with Crippen molar-refractivity contribution in [3.63, 3.8) is 0 Å². The largest absolute Gasteiger partial charge is 0.394 e. The van der Waals surface area contributed by atoms with Crippen LogP contribution in [0.15, 0.2) is 72.9 Å². The molecule has 0 radical (unpaired) electrons. The van der Waals surface area contributed by atoms with E-state index >= 15 is 0 Å². The summed E-state index contributed by atoms with van der Waals surface area (Å²) in [6.45, 7) is 3.57. The second-order valence-electron chi connectivity index (χ2n) is 15.5. The van der Waals surface area contributed by atoms with E-state index in [0.717, 1.165) is 70.6 Å². The maximum atomic E-state index is 12.9. The highest BCUT2D eigenvalue weighted by molar-refractivity contribution is 5.76. The number of hydrogen-bond acceptors (Lipinski definition) is 8. The average molecular weight is 802 g/mol. The van der Waals surface area contributed by atoms with Gasteiger partial charge in [0.2, 0.25) is 5.91 Å². The van der Waals surface area contributed by atoms with Crippen molar-refractivity contribution in [1.29, 1.82) is 0 Å². The molecule has 1 fully saturated rings. The molecule has 1 saturated heterocycles. The number of rotatable bonds is 36. The van der Waals surface area contributed by atoms with Crippen LogP contribution in [0.4, 0.5) is 0 Å². The van der Waals surface area contributed by atoms with Crippen LogP contribution in [0.25, 0.3) is 0 Å². The first kappa shape index (κ1) is 52.6. The maximum absolute atomic E-state index is 12.9. The summed E-state index contributed by atoms with van der Waals surface area (Å²) < 4.78 is 11.1. The second-order valence-corrected chi connectivity index (χ2v) is 15.5. The third-order valence-electron chi connectivity index (χ3n) is 10.3. The van der Waals surface area contributed by atoms with Crippen LogP contribution in [0.2, 0.25) is 0 Å². The highest BCUT2D eigenvalue weighted by Gasteiger charge is 2.44. The molecule has 1 rings (SSSR count). The maximum Gasteiger partial charge on any atom is 0.220 e. The number of unbranched alkanes of at least 4 members (excludes halogenated alkanes) is 16. The molecule has 9 heteroatoms. The van der Waals surface area contributed by atoms with E-state index < -0.39 is 49.5 Å². The van der Waals surface area contributed by atoms with Crippen molar-refractivity contribution in [3.8, 4) is 0 Å². The van der Waals surface area contributed by atoms with Crippen molar-refractivity contribution >= 4 is 5.91 Å². The van der Waals surface area contributed by atoms with Gasteiger partial charge < -0.3 is 40.3 Å². The van der Waals surface area contributed by atoms with Gasteiger partial charge in [0.1, 0.15) is 24.4 Å². The van der Waals surface area contributed by atoms with Gasteiger partial charge in [0.15, 0.2) is 6.29 Å². The molecular weight excluding hydrogens is 719 g/mol. The van der Waals surface area contributed by atoms with Gasteiger partial charge in [0.25, 0.3) is 0 Å². The molecule has 1 aliphatic rings. The fourth-order valence-electron chi connectivity index (χ4n) is 6.65. The van der Waals surface area contributed by atoms with E-state index in [1.54, 1.807) is 6.08 Å². The Hall–Kier alpha value is -2.37. The van der Waals surface area contributed by atoms with Gasteiger partial charge in [-0.15, -0.1) is 0 Å². The zero-order chi connectivity index (χ0) is 41.6. The van der Waals surface area contributed by atoms with Crippen molar-refractivity contribution in [2.75, 3.05) is 13.2 Å². The molecule has 57 heavy (non-hydrogen) atoms. The van der Waals surface area contributed by atoms with Gasteiger partial charge in [-0.2, -0.15) is 0 Å². The van der Waals surface area contributed by atoms with Crippen LogP contribution in [-0.2, 0) is 14.3 Å². The highest BCUT2D eigenvalue weighted by atomic mass is 16.7. The number of aliphatic hydroxyl groups excluding tert-OH is 5. The van der Waals surface area contributed by atoms with E-state index in [4.69, 9.17) is 9.47 Å². The second kappa shape index (κ2) is 37.9. The van der Waals surface area contributed by atoms with E-state index in [9.17, 15) is 30.3 Å². The molecule has 0 aliphatic carbocycles. The summed E-state index contributed by atoms with van der Waals surface area (Å²) in [5.74, 6) is -0.189. The minimum Gasteiger partial charge on any atom is -0.394 e. The van der Waals surface area contributed by atoms with Crippen molar-refractivity contribution in [3.05, 3.63) is 72.9 Å². The molecule has 1 heterocycles. The predicted molar refractivity (Wildman–Crippen MR) is 235 cm³/mol. The van der Waals surface area contributed by atoms with Crippen LogP contribution < -0.4 is 5.32 Å². The van der Waals surface area contributed by atoms with Crippen molar-refractivity contribution in [2.24, 2.45) is 0 Å². The van der Waals surface area contributed by atoms with E-state index in [-0.39, 0.29) is 12.5 Å². The Kier molecular flexibility index (Phi) is 35.0. The molecule has 6 N–H and O–H groups in total. The van der Waals surface area contributed by atoms with Crippen LogP contribution in [0, 0.1) is 0 Å². The fourth-order valence-corrected chi connectivity index (χ4v) is 6.65. The van der Waals surface area contributed by atoms with Crippen LogP contribution >= 0.6 is 0 Å². The zero-order valence-electron chi connectivity index (χ0n) is 35.8. The summed E-state index contributed by atoms with van der Waals surface area (Å²) in [6.07, 6.45) is 44.0. The highest BCUT2D eigenvalue weighted by Crippen LogP contribution is 2.22. The van der Waals surface area contributed by atoms with Gasteiger partial charge >= 0.3 is 0 Å². The molecule has 7 unspecified atom stereocenters. The monoisotopic (exact) mass is 802 g/mol. The van der Waals surface area contributed by atoms with Crippen LogP contribution in [0.3, 0.4) is 0 Å². The van der Waals surface area contributed by atoms with E-state index in [2.05, 4.69) is 79.9 Å². The Labute approximate surface area is 347 Å². The van der Waals surface area contributed by atoms with Crippen LogP contribution in [-0.4, -0.2) is 87.5 Å². The molecule has 0 spiro atoms. The number of aliphatic hydroxyl groups is 5. The first-order chi connectivity index (χ1) is 27.8. The summed E-state index contributed by atoms with van der Waals surface area (Å²) in [5, 5.41) is 53.9. The van der Waals surface area contributed by atoms with Crippen LogP contribution in [0.5, 0.6) is 0 Å². The number of amides is 1. The quantitative estimate of drug-likeness (QED) is 0.0271. The standard InChI is InChI=1S/C48H83NO8/c1-3-5-7-9-11-12-13-14-15-16-17-18-19-20-21-22-23-24-25-26-27-28-29-30-32-34-36-38-44(52)49-41(42(51)37-35-33-31-10-8-6-4-2)40-56-48-47(55)46(54)45(53)43(39-50)57-48/h5,7,11-12,14-15,17-18,20-21,35,37,41-43,45-48,50-51,53-55H,3-4,6,8-10,13,16,19,22-34,36,38-40H2,1-2H3,(H,49,52)/b7-5-,12-11-,15-14-,18-17-,21-20-,37-35+. The first-order valence-corrected chi connectivity index (χ1v) is 22.7. The smallest absolute Gasteiger partial charge is 0.220 e. The Bertz CT molecular complexity index is 1120. The Balaban J connectivity index is 2.19. The number of allylic oxidation sites excluding steroid dienone is 11. The summed E-state index contributed by atoms with van der Waals surface area (Å²) in [4.78, 5) is 12.9.